The summed E-state index contributed by atoms with van der Waals surface area (Å²) in [5.41, 5.74) is 2.55. The van der Waals surface area contributed by atoms with Crippen LogP contribution < -0.4 is 4.90 Å². The van der Waals surface area contributed by atoms with Crippen molar-refractivity contribution < 1.29 is 9.53 Å². The number of hydrogen-bond donors (Lipinski definition) is 0. The fourth-order valence-corrected chi connectivity index (χ4v) is 3.40. The molecule has 0 amide bonds. The van der Waals surface area contributed by atoms with Crippen LogP contribution in [0.1, 0.15) is 31.2 Å². The van der Waals surface area contributed by atoms with E-state index in [1.54, 1.807) is 0 Å². The van der Waals surface area contributed by atoms with E-state index in [1.165, 1.54) is 30.4 Å². The molecule has 3 heteroatoms. The van der Waals surface area contributed by atoms with Gasteiger partial charge in [-0.1, -0.05) is 18.2 Å². The fourth-order valence-electron chi connectivity index (χ4n) is 3.40. The van der Waals surface area contributed by atoms with E-state index in [2.05, 4.69) is 29.2 Å². The van der Waals surface area contributed by atoms with E-state index < -0.39 is 0 Å². The number of nitrogens with zero attached hydrogens (tertiary/aromatic N) is 1. The largest absolute Gasteiger partial charge is 0.381 e. The van der Waals surface area contributed by atoms with Crippen molar-refractivity contribution in [1.29, 1.82) is 0 Å². The second-order valence-electron chi connectivity index (χ2n) is 6.10. The average Bonchev–Trinajstić information content (AvgIpc) is 2.71. The molecule has 0 N–H and O–H groups in total. The van der Waals surface area contributed by atoms with Gasteiger partial charge >= 0.3 is 0 Å². The number of carbonyl (C=O) groups excluding carboxylic acids is 1. The van der Waals surface area contributed by atoms with Crippen LogP contribution in [0.25, 0.3) is 0 Å². The van der Waals surface area contributed by atoms with Gasteiger partial charge in [-0.3, -0.25) is 0 Å². The lowest BCUT2D eigenvalue weighted by molar-refractivity contribution is -0.120. The minimum Gasteiger partial charge on any atom is -0.381 e. The number of carbonyl (C=O) groups is 1. The smallest absolute Gasteiger partial charge is 0.128 e. The zero-order valence-electron chi connectivity index (χ0n) is 12.0. The zero-order chi connectivity index (χ0) is 13.8. The van der Waals surface area contributed by atoms with Crippen molar-refractivity contribution in [3.05, 3.63) is 29.8 Å². The number of ether oxygens (including phenoxy) is 1. The van der Waals surface area contributed by atoms with Crippen molar-refractivity contribution in [2.75, 3.05) is 31.2 Å². The van der Waals surface area contributed by atoms with Crippen LogP contribution in [-0.4, -0.2) is 32.6 Å². The third kappa shape index (κ3) is 2.73. The highest BCUT2D eigenvalue weighted by Crippen LogP contribution is 2.34. The van der Waals surface area contributed by atoms with E-state index >= 15 is 0 Å². The fraction of sp³-hybridized carbons (Fsp3) is 0.588. The molecule has 0 spiro atoms. The summed E-state index contributed by atoms with van der Waals surface area (Å²) >= 11 is 0. The normalized spacial score (nSPS) is 21.9. The van der Waals surface area contributed by atoms with Gasteiger partial charge in [0.25, 0.3) is 0 Å². The van der Waals surface area contributed by atoms with Gasteiger partial charge in [0, 0.05) is 37.4 Å². The Morgan fingerprint density at radius 3 is 2.80 bits per heavy atom. The van der Waals surface area contributed by atoms with Crippen molar-refractivity contribution in [3.63, 3.8) is 0 Å². The summed E-state index contributed by atoms with van der Waals surface area (Å²) in [6, 6.07) is 8.66. The molecule has 0 saturated carbocycles. The van der Waals surface area contributed by atoms with Crippen LogP contribution in [0.15, 0.2) is 24.3 Å². The van der Waals surface area contributed by atoms with Gasteiger partial charge < -0.3 is 14.4 Å². The Balaban J connectivity index is 1.84. The van der Waals surface area contributed by atoms with Gasteiger partial charge in [-0.25, -0.2) is 0 Å². The van der Waals surface area contributed by atoms with Gasteiger partial charge in [-0.05, 0) is 43.7 Å². The van der Waals surface area contributed by atoms with Crippen LogP contribution in [-0.2, 0) is 16.0 Å². The van der Waals surface area contributed by atoms with Gasteiger partial charge in [0.1, 0.15) is 6.29 Å². The lowest BCUT2D eigenvalue weighted by Gasteiger charge is -2.38. The summed E-state index contributed by atoms with van der Waals surface area (Å²) in [6.07, 6.45) is 6.50. The molecule has 1 fully saturated rings. The number of anilines is 1. The van der Waals surface area contributed by atoms with E-state index in [0.29, 0.717) is 13.2 Å². The molecule has 0 unspecified atom stereocenters. The molecule has 1 aromatic rings. The molecule has 0 aliphatic carbocycles. The molecule has 0 aromatic heterocycles. The van der Waals surface area contributed by atoms with Crippen LogP contribution in [0.2, 0.25) is 0 Å². The van der Waals surface area contributed by atoms with E-state index in [1.807, 2.05) is 0 Å². The molecule has 2 aliphatic heterocycles. The number of rotatable bonds is 3. The highest BCUT2D eigenvalue weighted by atomic mass is 16.5. The predicted molar refractivity (Wildman–Crippen MR) is 80.1 cm³/mol. The van der Waals surface area contributed by atoms with Gasteiger partial charge in [-0.15, -0.1) is 0 Å². The molecule has 3 rings (SSSR count). The SMILES string of the molecule is O=CC1(CN2CCCCc3ccccc32)CCOCC1. The Kier molecular flexibility index (Phi) is 4.06. The van der Waals surface area contributed by atoms with Crippen LogP contribution in [0, 0.1) is 5.41 Å². The topological polar surface area (TPSA) is 29.5 Å². The lowest BCUT2D eigenvalue weighted by atomic mass is 9.81. The minimum absolute atomic E-state index is 0.213. The summed E-state index contributed by atoms with van der Waals surface area (Å²) in [5.74, 6) is 0. The maximum atomic E-state index is 11.7. The first-order valence-electron chi connectivity index (χ1n) is 7.70. The maximum absolute atomic E-state index is 11.7. The number of aldehydes is 1. The van der Waals surface area contributed by atoms with Crippen molar-refractivity contribution in [1.82, 2.24) is 0 Å². The Labute approximate surface area is 120 Å². The van der Waals surface area contributed by atoms with Crippen LogP contribution in [0.5, 0.6) is 0 Å². The summed E-state index contributed by atoms with van der Waals surface area (Å²) in [7, 11) is 0. The standard InChI is InChI=1S/C17H23NO2/c19-14-17(8-11-20-12-9-17)13-18-10-4-3-6-15-5-1-2-7-16(15)18/h1-2,5,7,14H,3-4,6,8-13H2. The third-order valence-electron chi connectivity index (χ3n) is 4.70. The zero-order valence-corrected chi connectivity index (χ0v) is 12.0. The van der Waals surface area contributed by atoms with E-state index in [4.69, 9.17) is 4.74 Å². The van der Waals surface area contributed by atoms with E-state index in [9.17, 15) is 4.79 Å². The van der Waals surface area contributed by atoms with Gasteiger partial charge in [0.15, 0.2) is 0 Å². The molecule has 1 saturated heterocycles. The van der Waals surface area contributed by atoms with E-state index in [-0.39, 0.29) is 5.41 Å². The van der Waals surface area contributed by atoms with Crippen molar-refractivity contribution >= 4 is 12.0 Å². The second kappa shape index (κ2) is 5.96. The number of aryl methyl sites for hydroxylation is 1. The molecule has 20 heavy (non-hydrogen) atoms. The molecule has 0 atom stereocenters. The quantitative estimate of drug-likeness (QED) is 0.793. The number of benzene rings is 1. The molecule has 3 nitrogen and oxygen atoms in total. The van der Waals surface area contributed by atoms with Gasteiger partial charge in [-0.2, -0.15) is 0 Å². The van der Waals surface area contributed by atoms with Crippen LogP contribution in [0.4, 0.5) is 5.69 Å². The summed E-state index contributed by atoms with van der Waals surface area (Å²) in [5, 5.41) is 0. The lowest BCUT2D eigenvalue weighted by Crippen LogP contribution is -2.43. The Bertz CT molecular complexity index is 466. The van der Waals surface area contributed by atoms with Gasteiger partial charge in [0.05, 0.1) is 0 Å². The van der Waals surface area contributed by atoms with Crippen LogP contribution >= 0.6 is 0 Å². The Hall–Kier alpha value is -1.35. The highest BCUT2D eigenvalue weighted by Gasteiger charge is 2.35. The highest BCUT2D eigenvalue weighted by molar-refractivity contribution is 5.63. The van der Waals surface area contributed by atoms with Crippen molar-refractivity contribution in [2.24, 2.45) is 5.41 Å². The summed E-state index contributed by atoms with van der Waals surface area (Å²) in [6.45, 7) is 3.34. The van der Waals surface area contributed by atoms with Crippen LogP contribution in [0.3, 0.4) is 0 Å². The maximum Gasteiger partial charge on any atom is 0.128 e. The molecule has 2 aliphatic rings. The minimum atomic E-state index is -0.213. The first-order chi connectivity index (χ1) is 9.83. The Morgan fingerprint density at radius 1 is 1.20 bits per heavy atom. The summed E-state index contributed by atoms with van der Waals surface area (Å²) in [4.78, 5) is 14.1. The van der Waals surface area contributed by atoms with Crippen molar-refractivity contribution in [2.45, 2.75) is 32.1 Å². The summed E-state index contributed by atoms with van der Waals surface area (Å²) < 4.78 is 5.43. The van der Waals surface area contributed by atoms with Crippen molar-refractivity contribution in [3.8, 4) is 0 Å². The average molecular weight is 273 g/mol. The third-order valence-corrected chi connectivity index (χ3v) is 4.70. The monoisotopic (exact) mass is 273 g/mol. The molecule has 1 aromatic carbocycles. The molecule has 2 heterocycles. The number of hydrogen-bond acceptors (Lipinski definition) is 3. The van der Waals surface area contributed by atoms with Gasteiger partial charge in [0.2, 0.25) is 0 Å². The number of para-hydroxylation sites is 1. The molecular formula is C17H23NO2. The second-order valence-corrected chi connectivity index (χ2v) is 6.10. The molecular weight excluding hydrogens is 250 g/mol. The van der Waals surface area contributed by atoms with E-state index in [0.717, 1.165) is 32.4 Å². The predicted octanol–water partition coefficient (Wildman–Crippen LogP) is 2.83. The molecule has 108 valence electrons. The molecule has 0 radical (unpaired) electrons. The molecule has 0 bridgehead atoms. The first kappa shape index (κ1) is 13.6. The first-order valence-corrected chi connectivity index (χ1v) is 7.70. The Morgan fingerprint density at radius 2 is 2.00 bits per heavy atom. The number of fused-ring (bicyclic) bond motifs is 1.